The van der Waals surface area contributed by atoms with Gasteiger partial charge in [0.25, 0.3) is 5.91 Å². The number of rotatable bonds is 9. The van der Waals surface area contributed by atoms with E-state index in [-0.39, 0.29) is 35.6 Å². The molecule has 1 aliphatic heterocycles. The van der Waals surface area contributed by atoms with Crippen LogP contribution in [0, 0.1) is 29.1 Å². The van der Waals surface area contributed by atoms with E-state index < -0.39 is 0 Å². The monoisotopic (exact) mass is 492 g/mol. The van der Waals surface area contributed by atoms with Crippen LogP contribution in [0.1, 0.15) is 55.6 Å². The molecule has 11 nitrogen and oxygen atoms in total. The van der Waals surface area contributed by atoms with Gasteiger partial charge in [-0.1, -0.05) is 12.8 Å². The van der Waals surface area contributed by atoms with Crippen molar-refractivity contribution in [1.29, 1.82) is 5.26 Å². The first kappa shape index (κ1) is 24.0. The van der Waals surface area contributed by atoms with E-state index in [0.29, 0.717) is 36.5 Å². The van der Waals surface area contributed by atoms with Crippen molar-refractivity contribution in [3.05, 3.63) is 24.3 Å². The highest BCUT2D eigenvalue weighted by atomic mass is 16.5. The molecule has 0 radical (unpaired) electrons. The van der Waals surface area contributed by atoms with Gasteiger partial charge in [0.15, 0.2) is 5.75 Å². The maximum absolute atomic E-state index is 12.9. The van der Waals surface area contributed by atoms with Gasteiger partial charge in [-0.15, -0.1) is 0 Å². The zero-order valence-electron chi connectivity index (χ0n) is 20.3. The third kappa shape index (κ3) is 5.93. The van der Waals surface area contributed by atoms with Crippen molar-refractivity contribution in [1.82, 2.24) is 25.3 Å². The zero-order valence-corrected chi connectivity index (χ0v) is 20.3. The Kier molecular flexibility index (Phi) is 7.30. The standard InChI is InChI=1S/C25H32N8O3/c26-12-17-11-18(17)15-36-25-31-22(23(34)29-19-3-1-2-4-19)30-24(32-25)33-9-6-16(7-10-33)14-35-21-13-28-8-5-20(21)27/h5,8,13,16-19H,1-4,6-7,9-11,14-15H2,(H2,27,28)(H,29,34)/t17-,18+/m1/s1. The molecule has 0 spiro atoms. The minimum absolute atomic E-state index is 0.0275. The van der Waals surface area contributed by atoms with Crippen LogP contribution in [0.2, 0.25) is 0 Å². The summed E-state index contributed by atoms with van der Waals surface area (Å²) < 4.78 is 11.7. The van der Waals surface area contributed by atoms with E-state index in [2.05, 4.69) is 36.2 Å². The van der Waals surface area contributed by atoms with E-state index >= 15 is 0 Å². The van der Waals surface area contributed by atoms with Crippen LogP contribution in [-0.2, 0) is 0 Å². The smallest absolute Gasteiger partial charge is 0.321 e. The largest absolute Gasteiger partial charge is 0.490 e. The first-order chi connectivity index (χ1) is 17.6. The number of hydrogen-bond donors (Lipinski definition) is 2. The van der Waals surface area contributed by atoms with E-state index in [9.17, 15) is 4.79 Å². The summed E-state index contributed by atoms with van der Waals surface area (Å²) in [7, 11) is 0. The molecule has 2 aliphatic carbocycles. The molecule has 36 heavy (non-hydrogen) atoms. The number of anilines is 2. The molecular weight excluding hydrogens is 460 g/mol. The fourth-order valence-electron chi connectivity index (χ4n) is 4.76. The average Bonchev–Trinajstić information content (AvgIpc) is 3.49. The lowest BCUT2D eigenvalue weighted by Crippen LogP contribution is -2.38. The summed E-state index contributed by atoms with van der Waals surface area (Å²) in [5.74, 6) is 1.41. The molecule has 3 fully saturated rings. The van der Waals surface area contributed by atoms with Crippen molar-refractivity contribution in [2.24, 2.45) is 17.8 Å². The van der Waals surface area contributed by atoms with Crippen LogP contribution in [0.25, 0.3) is 0 Å². The molecule has 2 saturated carbocycles. The average molecular weight is 493 g/mol. The van der Waals surface area contributed by atoms with Crippen LogP contribution in [0.15, 0.2) is 18.5 Å². The fourth-order valence-corrected chi connectivity index (χ4v) is 4.76. The second-order valence-corrected chi connectivity index (χ2v) is 9.89. The molecule has 190 valence electrons. The number of nitrogen functional groups attached to an aromatic ring is 1. The molecular formula is C25H32N8O3. The van der Waals surface area contributed by atoms with Crippen molar-refractivity contribution >= 4 is 17.5 Å². The van der Waals surface area contributed by atoms with Crippen molar-refractivity contribution < 1.29 is 14.3 Å². The maximum Gasteiger partial charge on any atom is 0.321 e. The Morgan fingerprint density at radius 2 is 1.94 bits per heavy atom. The summed E-state index contributed by atoms with van der Waals surface area (Å²) in [6, 6.07) is 4.28. The van der Waals surface area contributed by atoms with E-state index in [1.165, 1.54) is 0 Å². The molecule has 11 heteroatoms. The highest BCUT2D eigenvalue weighted by molar-refractivity contribution is 5.91. The number of ether oxygens (including phenoxy) is 2. The van der Waals surface area contributed by atoms with Crippen LogP contribution in [0.4, 0.5) is 11.6 Å². The number of nitrogens with zero attached hydrogens (tertiary/aromatic N) is 6. The lowest BCUT2D eigenvalue weighted by atomic mass is 9.98. The lowest BCUT2D eigenvalue weighted by molar-refractivity contribution is 0.0925. The van der Waals surface area contributed by atoms with Crippen LogP contribution >= 0.6 is 0 Å². The SMILES string of the molecule is N#C[C@H]1C[C@H]1COc1nc(C(=O)NC2CCCC2)nc(N2CCC(COc3cnccc3N)CC2)n1. The van der Waals surface area contributed by atoms with Gasteiger partial charge < -0.3 is 25.4 Å². The lowest BCUT2D eigenvalue weighted by Gasteiger charge is -2.32. The number of nitrogens with one attached hydrogen (secondary N) is 1. The van der Waals surface area contributed by atoms with Gasteiger partial charge >= 0.3 is 6.01 Å². The second-order valence-electron chi connectivity index (χ2n) is 9.89. The molecule has 0 bridgehead atoms. The predicted molar refractivity (Wildman–Crippen MR) is 131 cm³/mol. The molecule has 0 aromatic carbocycles. The van der Waals surface area contributed by atoms with Crippen LogP contribution in [-0.4, -0.2) is 58.2 Å². The van der Waals surface area contributed by atoms with Gasteiger partial charge in [0.2, 0.25) is 11.8 Å². The topological polar surface area (TPSA) is 152 Å². The van der Waals surface area contributed by atoms with Gasteiger partial charge in [-0.3, -0.25) is 9.78 Å². The third-order valence-corrected chi connectivity index (χ3v) is 7.20. The number of piperidine rings is 1. The molecule has 0 unspecified atom stereocenters. The van der Waals surface area contributed by atoms with Gasteiger partial charge in [0.05, 0.1) is 37.1 Å². The molecule has 1 amide bonds. The number of carbonyl (C=O) groups is 1. The molecule has 5 rings (SSSR count). The molecule has 2 atom stereocenters. The zero-order chi connectivity index (χ0) is 24.9. The van der Waals surface area contributed by atoms with Gasteiger partial charge in [-0.25, -0.2) is 0 Å². The van der Waals surface area contributed by atoms with Gasteiger partial charge in [0, 0.05) is 31.2 Å². The van der Waals surface area contributed by atoms with E-state index in [1.54, 1.807) is 18.5 Å². The predicted octanol–water partition coefficient (Wildman–Crippen LogP) is 2.36. The van der Waals surface area contributed by atoms with Crippen molar-refractivity contribution in [3.63, 3.8) is 0 Å². The van der Waals surface area contributed by atoms with E-state index in [0.717, 1.165) is 58.0 Å². The molecule has 3 aliphatic rings. The highest BCUT2D eigenvalue weighted by Crippen LogP contribution is 2.37. The number of pyridine rings is 1. The highest BCUT2D eigenvalue weighted by Gasteiger charge is 2.38. The Hall–Kier alpha value is -3.68. The van der Waals surface area contributed by atoms with Crippen molar-refractivity contribution in [3.8, 4) is 17.8 Å². The van der Waals surface area contributed by atoms with Gasteiger partial charge in [-0.2, -0.15) is 20.2 Å². The Balaban J connectivity index is 1.23. The Bertz CT molecular complexity index is 1110. The summed E-state index contributed by atoms with van der Waals surface area (Å²) in [6.07, 6.45) is 10.1. The van der Waals surface area contributed by atoms with Crippen LogP contribution < -0.4 is 25.4 Å². The minimum atomic E-state index is -0.297. The molecule has 3 heterocycles. The summed E-state index contributed by atoms with van der Waals surface area (Å²) >= 11 is 0. The van der Waals surface area contributed by atoms with Crippen molar-refractivity contribution in [2.45, 2.75) is 51.0 Å². The Morgan fingerprint density at radius 1 is 1.14 bits per heavy atom. The van der Waals surface area contributed by atoms with E-state index in [4.69, 9.17) is 20.5 Å². The number of nitrogens with two attached hydrogens (primary N) is 1. The van der Waals surface area contributed by atoms with E-state index in [1.807, 2.05) is 0 Å². The Labute approximate surface area is 210 Å². The number of hydrogen-bond acceptors (Lipinski definition) is 10. The van der Waals surface area contributed by atoms with Crippen LogP contribution in [0.5, 0.6) is 11.8 Å². The fraction of sp³-hybridized carbons (Fsp3) is 0.600. The molecule has 2 aromatic heterocycles. The second kappa shape index (κ2) is 10.9. The number of carbonyl (C=O) groups excluding carboxylic acids is 1. The van der Waals surface area contributed by atoms with Gasteiger partial charge in [0.1, 0.15) is 0 Å². The number of nitriles is 1. The molecule has 3 N–H and O–H groups in total. The summed E-state index contributed by atoms with van der Waals surface area (Å²) in [5.41, 5.74) is 6.52. The number of aromatic nitrogens is 4. The third-order valence-electron chi connectivity index (χ3n) is 7.20. The van der Waals surface area contributed by atoms with Crippen molar-refractivity contribution in [2.75, 3.05) is 36.9 Å². The normalized spacial score (nSPS) is 22.1. The first-order valence-corrected chi connectivity index (χ1v) is 12.8. The summed E-state index contributed by atoms with van der Waals surface area (Å²) in [6.45, 7) is 2.37. The number of amides is 1. The minimum Gasteiger partial charge on any atom is -0.490 e. The van der Waals surface area contributed by atoms with Gasteiger partial charge in [-0.05, 0) is 44.1 Å². The maximum atomic E-state index is 12.9. The first-order valence-electron chi connectivity index (χ1n) is 12.8. The quantitative estimate of drug-likeness (QED) is 0.533. The summed E-state index contributed by atoms with van der Waals surface area (Å²) in [4.78, 5) is 32.4. The summed E-state index contributed by atoms with van der Waals surface area (Å²) in [5, 5.41) is 12.1. The van der Waals surface area contributed by atoms with Crippen LogP contribution in [0.3, 0.4) is 0 Å². The molecule has 2 aromatic rings. The Morgan fingerprint density at radius 3 is 2.67 bits per heavy atom. The molecule has 1 saturated heterocycles.